The number of rotatable bonds is 0. The third-order valence-corrected chi connectivity index (χ3v) is 0. The van der Waals surface area contributed by atoms with Crippen LogP contribution in [0.5, 0.6) is 0 Å². The fourth-order valence-electron chi connectivity index (χ4n) is 0. The van der Waals surface area contributed by atoms with Gasteiger partial charge in [-0.15, -0.1) is 0 Å². The van der Waals surface area contributed by atoms with Crippen LogP contribution in [-0.2, 0) is 52.4 Å². The van der Waals surface area contributed by atoms with Gasteiger partial charge in [0.05, 0.1) is 0 Å². The number of hydrogen-bond acceptors (Lipinski definition) is 2. The molecule has 0 rings (SSSR count). The van der Waals surface area contributed by atoms with Gasteiger partial charge >= 0.3 is 12.3 Å². The van der Waals surface area contributed by atoms with Gasteiger partial charge in [-0.3, -0.25) is 0 Å². The summed E-state index contributed by atoms with van der Waals surface area (Å²) in [6.45, 7) is 0. The molecule has 56 valence electrons. The predicted molar refractivity (Wildman–Crippen MR) is 21.3 cm³/mol. The molecule has 0 saturated heterocycles. The van der Waals surface area contributed by atoms with Crippen LogP contribution in [0.4, 0.5) is 9.59 Å². The molecule has 0 aliphatic rings. The Morgan fingerprint density at radius 3 is 0.700 bits per heavy atom. The maximum atomic E-state index is 8.56. The second-order valence-electron chi connectivity index (χ2n) is 0.565. The summed E-state index contributed by atoms with van der Waals surface area (Å²) < 4.78 is 0. The first-order valence-corrected chi connectivity index (χ1v) is 1.30. The van der Waals surface area contributed by atoms with Crippen LogP contribution in [-0.4, -0.2) is 32.7 Å². The van der Waals surface area contributed by atoms with Crippen LogP contribution in [0, 0.1) is 0 Å². The van der Waals surface area contributed by atoms with Crippen molar-refractivity contribution in [1.29, 1.82) is 0 Å². The van der Waals surface area contributed by atoms with Crippen LogP contribution in [0.15, 0.2) is 0 Å². The quantitative estimate of drug-likeness (QED) is 0.516. The van der Waals surface area contributed by atoms with Crippen LogP contribution in [0.2, 0.25) is 0 Å². The van der Waals surface area contributed by atoms with E-state index in [2.05, 4.69) is 0 Å². The molecule has 0 aliphatic carbocycles. The minimum atomic E-state index is -1.83. The molecule has 0 atom stereocenters. The largest absolute Gasteiger partial charge is 0.503 e. The molecule has 0 heterocycles. The van der Waals surface area contributed by atoms with Gasteiger partial charge in [0.25, 0.3) is 0 Å². The molecular formula is C2H4O6Zr2. The van der Waals surface area contributed by atoms with Crippen LogP contribution < -0.4 is 0 Å². The fourth-order valence-corrected chi connectivity index (χ4v) is 0. The van der Waals surface area contributed by atoms with Crippen molar-refractivity contribution in [2.45, 2.75) is 0 Å². The Kier molecular flexibility index (Phi) is 36.2. The van der Waals surface area contributed by atoms with E-state index in [9.17, 15) is 0 Å². The van der Waals surface area contributed by atoms with Gasteiger partial charge in [-0.05, 0) is 0 Å². The van der Waals surface area contributed by atoms with Crippen LogP contribution >= 0.6 is 0 Å². The van der Waals surface area contributed by atoms with Crippen LogP contribution in [0.1, 0.15) is 0 Å². The van der Waals surface area contributed by atoms with Gasteiger partial charge in [0, 0.05) is 52.4 Å². The molecule has 10 heavy (non-hydrogen) atoms. The van der Waals surface area contributed by atoms with Gasteiger partial charge in [0.15, 0.2) is 0 Å². The summed E-state index contributed by atoms with van der Waals surface area (Å²) in [5, 5.41) is 27.9. The number of carbonyl (C=O) groups is 2. The molecule has 0 unspecified atom stereocenters. The SMILES string of the molecule is O=C(O)O.O=C(O)O.[Zr].[Zr]. The van der Waals surface area contributed by atoms with Crippen molar-refractivity contribution in [1.82, 2.24) is 0 Å². The van der Waals surface area contributed by atoms with Crippen molar-refractivity contribution in [2.75, 3.05) is 0 Å². The first kappa shape index (κ1) is 22.4. The Hall–Kier alpha value is 0.306. The standard InChI is InChI=1S/2CH2O3.2Zr/c2*2-1(3)4;;/h2*(H2,2,3,4);;. The molecule has 0 radical (unpaired) electrons. The average molecular weight is 306 g/mol. The Labute approximate surface area is 94.1 Å². The molecule has 0 spiro atoms. The summed E-state index contributed by atoms with van der Waals surface area (Å²) in [5.74, 6) is 0. The minimum absolute atomic E-state index is 0. The fraction of sp³-hybridized carbons (Fsp3) is 0. The van der Waals surface area contributed by atoms with Crippen molar-refractivity contribution in [2.24, 2.45) is 0 Å². The van der Waals surface area contributed by atoms with Crippen molar-refractivity contribution in [3.63, 3.8) is 0 Å². The molecule has 8 heteroatoms. The zero-order valence-electron chi connectivity index (χ0n) is 4.61. The second kappa shape index (κ2) is 16.1. The van der Waals surface area contributed by atoms with Gasteiger partial charge < -0.3 is 20.4 Å². The maximum Gasteiger partial charge on any atom is 0.503 e. The maximum absolute atomic E-state index is 8.56. The van der Waals surface area contributed by atoms with E-state index in [4.69, 9.17) is 30.0 Å². The monoisotopic (exact) mass is 304 g/mol. The first-order chi connectivity index (χ1) is 3.46. The van der Waals surface area contributed by atoms with E-state index in [-0.39, 0.29) is 52.4 Å². The third kappa shape index (κ3) is 4730. The average Bonchev–Trinajstić information content (AvgIpc) is 1.25. The molecule has 0 fully saturated rings. The molecule has 0 aromatic heterocycles. The summed E-state index contributed by atoms with van der Waals surface area (Å²) in [4.78, 5) is 17.1. The van der Waals surface area contributed by atoms with Gasteiger partial charge in [-0.1, -0.05) is 0 Å². The molecule has 0 saturated carbocycles. The molecule has 0 bridgehead atoms. The Bertz CT molecular complexity index is 71.7. The predicted octanol–water partition coefficient (Wildman–Crippen LogP) is 0.440. The van der Waals surface area contributed by atoms with E-state index in [1.807, 2.05) is 0 Å². The summed E-state index contributed by atoms with van der Waals surface area (Å²) in [5.41, 5.74) is 0. The summed E-state index contributed by atoms with van der Waals surface area (Å²) >= 11 is 0. The van der Waals surface area contributed by atoms with Crippen molar-refractivity contribution in [3.05, 3.63) is 0 Å². The zero-order chi connectivity index (χ0) is 7.15. The van der Waals surface area contributed by atoms with Crippen LogP contribution in [0.3, 0.4) is 0 Å². The van der Waals surface area contributed by atoms with Crippen molar-refractivity contribution in [3.8, 4) is 0 Å². The van der Waals surface area contributed by atoms with Crippen molar-refractivity contribution < 1.29 is 82.4 Å². The van der Waals surface area contributed by atoms with Gasteiger partial charge in [-0.25, -0.2) is 9.59 Å². The third-order valence-electron chi connectivity index (χ3n) is 0. The normalized spacial score (nSPS) is 4.80. The second-order valence-corrected chi connectivity index (χ2v) is 0.565. The van der Waals surface area contributed by atoms with Crippen LogP contribution in [0.25, 0.3) is 0 Å². The Morgan fingerprint density at radius 2 is 0.700 bits per heavy atom. The Morgan fingerprint density at radius 1 is 0.700 bits per heavy atom. The van der Waals surface area contributed by atoms with E-state index >= 15 is 0 Å². The minimum Gasteiger partial charge on any atom is -0.450 e. The smallest absolute Gasteiger partial charge is 0.450 e. The summed E-state index contributed by atoms with van der Waals surface area (Å²) in [6.07, 6.45) is -3.67. The van der Waals surface area contributed by atoms with E-state index in [1.54, 1.807) is 0 Å². The molecule has 0 amide bonds. The van der Waals surface area contributed by atoms with Gasteiger partial charge in [0.1, 0.15) is 0 Å². The topological polar surface area (TPSA) is 115 Å². The molecule has 6 nitrogen and oxygen atoms in total. The van der Waals surface area contributed by atoms with E-state index in [0.29, 0.717) is 0 Å². The molecule has 4 N–H and O–H groups in total. The molecular weight excluding hydrogens is 302 g/mol. The molecule has 0 aromatic rings. The van der Waals surface area contributed by atoms with Gasteiger partial charge in [-0.2, -0.15) is 0 Å². The summed E-state index contributed by atoms with van der Waals surface area (Å²) in [7, 11) is 0. The van der Waals surface area contributed by atoms with E-state index in [1.165, 1.54) is 0 Å². The van der Waals surface area contributed by atoms with E-state index in [0.717, 1.165) is 0 Å². The van der Waals surface area contributed by atoms with E-state index < -0.39 is 12.3 Å². The first-order valence-electron chi connectivity index (χ1n) is 1.30. The number of hydrogen-bond donors (Lipinski definition) is 4. The Balaban J connectivity index is -0.0000000300. The zero-order valence-corrected chi connectivity index (χ0v) is 9.52. The summed E-state index contributed by atoms with van der Waals surface area (Å²) in [6, 6.07) is 0. The van der Waals surface area contributed by atoms with Gasteiger partial charge in [0.2, 0.25) is 0 Å². The molecule has 0 aliphatic heterocycles. The molecule has 0 aromatic carbocycles. The number of carboxylic acid groups (broad SMARTS) is 4. The van der Waals surface area contributed by atoms with Crippen molar-refractivity contribution >= 4 is 12.3 Å².